The van der Waals surface area contributed by atoms with Crippen LogP contribution in [-0.4, -0.2) is 17.1 Å². The van der Waals surface area contributed by atoms with Crippen molar-refractivity contribution in [2.24, 2.45) is 23.7 Å². The van der Waals surface area contributed by atoms with Crippen molar-refractivity contribution >= 4 is 5.97 Å². The number of benzene rings is 1. The molecule has 4 bridgehead atoms. The quantitative estimate of drug-likeness (QED) is 0.839. The third-order valence-electron chi connectivity index (χ3n) is 5.97. The summed E-state index contributed by atoms with van der Waals surface area (Å²) in [7, 11) is 0. The largest absolute Gasteiger partial charge is 1.00 e. The molecule has 4 aliphatic carbocycles. The highest BCUT2D eigenvalue weighted by molar-refractivity contribution is 5.87. The van der Waals surface area contributed by atoms with Crippen LogP contribution in [0.5, 0.6) is 0 Å². The van der Waals surface area contributed by atoms with Crippen LogP contribution in [0.3, 0.4) is 0 Å². The molecule has 4 heteroatoms. The van der Waals surface area contributed by atoms with Gasteiger partial charge < -0.3 is 22.8 Å². The highest BCUT2D eigenvalue weighted by atomic mass is 35.5. The van der Waals surface area contributed by atoms with Crippen LogP contribution in [0, 0.1) is 23.7 Å². The standard InChI is InChI=1S/C18H23NO2.ClH/c20-18(21)14-3-1-11(2-4-14)10-19-17-15-6-12-5-13(8-15)9-16(17)7-12;/h1-4,12-13,15-17,19H,5-10H2,(H,20,21);1H/p-1. The van der Waals surface area contributed by atoms with Crippen LogP contribution >= 0.6 is 0 Å². The van der Waals surface area contributed by atoms with E-state index in [0.29, 0.717) is 11.6 Å². The molecule has 22 heavy (non-hydrogen) atoms. The number of aromatic carboxylic acids is 1. The maximum atomic E-state index is 10.9. The first-order valence-electron chi connectivity index (χ1n) is 8.24. The summed E-state index contributed by atoms with van der Waals surface area (Å²) < 4.78 is 0. The number of hydrogen-bond acceptors (Lipinski definition) is 2. The molecular formula is C18H23ClNO2-. The van der Waals surface area contributed by atoms with Gasteiger partial charge in [-0.2, -0.15) is 0 Å². The molecule has 1 aromatic carbocycles. The Morgan fingerprint density at radius 2 is 1.55 bits per heavy atom. The second-order valence-electron chi connectivity index (χ2n) is 7.34. The molecule has 2 N–H and O–H groups in total. The smallest absolute Gasteiger partial charge is 0.335 e. The molecule has 4 saturated carbocycles. The number of halogens is 1. The fraction of sp³-hybridized carbons (Fsp3) is 0.611. The van der Waals surface area contributed by atoms with Gasteiger partial charge in [-0.15, -0.1) is 0 Å². The van der Waals surface area contributed by atoms with E-state index in [1.165, 1.54) is 37.7 Å². The first-order valence-corrected chi connectivity index (χ1v) is 8.24. The second kappa shape index (κ2) is 6.21. The molecule has 1 aromatic rings. The SMILES string of the molecule is O=C(O)c1ccc(CNC2C3CC4CC(C3)CC2C4)cc1.[Cl-]. The van der Waals surface area contributed by atoms with Crippen LogP contribution in [-0.2, 0) is 6.54 Å². The molecule has 4 fully saturated rings. The number of carbonyl (C=O) groups is 1. The Morgan fingerprint density at radius 3 is 2.05 bits per heavy atom. The zero-order valence-corrected chi connectivity index (χ0v) is 13.4. The molecule has 0 amide bonds. The predicted molar refractivity (Wildman–Crippen MR) is 81.1 cm³/mol. The topological polar surface area (TPSA) is 49.3 Å². The van der Waals surface area contributed by atoms with Gasteiger partial charge in [-0.05, 0) is 73.5 Å². The summed E-state index contributed by atoms with van der Waals surface area (Å²) in [4.78, 5) is 10.9. The summed E-state index contributed by atoms with van der Waals surface area (Å²) >= 11 is 0. The van der Waals surface area contributed by atoms with Crippen molar-refractivity contribution in [2.45, 2.75) is 44.7 Å². The second-order valence-corrected chi connectivity index (χ2v) is 7.34. The zero-order valence-electron chi connectivity index (χ0n) is 12.7. The van der Waals surface area contributed by atoms with E-state index in [1.54, 1.807) is 12.1 Å². The Kier molecular flexibility index (Phi) is 4.47. The van der Waals surface area contributed by atoms with Gasteiger partial charge in [0.05, 0.1) is 5.56 Å². The van der Waals surface area contributed by atoms with E-state index in [0.717, 1.165) is 30.2 Å². The molecule has 0 spiro atoms. The maximum Gasteiger partial charge on any atom is 0.335 e. The average Bonchev–Trinajstić information content (AvgIpc) is 2.46. The highest BCUT2D eigenvalue weighted by Gasteiger charge is 2.47. The molecule has 5 rings (SSSR count). The first kappa shape index (κ1) is 15.8. The summed E-state index contributed by atoms with van der Waals surface area (Å²) in [6.45, 7) is 0.868. The lowest BCUT2D eigenvalue weighted by Crippen LogP contribution is -3.00. The number of nitrogens with one attached hydrogen (secondary N) is 1. The molecule has 0 radical (unpaired) electrons. The molecule has 0 aromatic heterocycles. The summed E-state index contributed by atoms with van der Waals surface area (Å²) in [5.74, 6) is 2.95. The van der Waals surface area contributed by atoms with Gasteiger partial charge >= 0.3 is 5.97 Å². The minimum absolute atomic E-state index is 0. The van der Waals surface area contributed by atoms with Crippen molar-refractivity contribution < 1.29 is 22.3 Å². The van der Waals surface area contributed by atoms with Crippen molar-refractivity contribution in [3.63, 3.8) is 0 Å². The molecule has 4 aliphatic rings. The van der Waals surface area contributed by atoms with Crippen LogP contribution in [0.15, 0.2) is 24.3 Å². The highest BCUT2D eigenvalue weighted by Crippen LogP contribution is 2.53. The normalized spacial score (nSPS) is 35.2. The van der Waals surface area contributed by atoms with E-state index in [2.05, 4.69) is 5.32 Å². The average molecular weight is 321 g/mol. The van der Waals surface area contributed by atoms with E-state index < -0.39 is 5.97 Å². The monoisotopic (exact) mass is 320 g/mol. The molecule has 3 nitrogen and oxygen atoms in total. The van der Waals surface area contributed by atoms with Crippen molar-refractivity contribution in [1.29, 1.82) is 0 Å². The van der Waals surface area contributed by atoms with Gasteiger partial charge in [0.1, 0.15) is 0 Å². The molecule has 0 saturated heterocycles. The summed E-state index contributed by atoms with van der Waals surface area (Å²) in [5.41, 5.74) is 1.56. The first-order chi connectivity index (χ1) is 10.2. The maximum absolute atomic E-state index is 10.9. The van der Waals surface area contributed by atoms with Crippen molar-refractivity contribution in [3.05, 3.63) is 35.4 Å². The molecule has 0 heterocycles. The lowest BCUT2D eigenvalue weighted by atomic mass is 9.54. The van der Waals surface area contributed by atoms with Crippen molar-refractivity contribution in [3.8, 4) is 0 Å². The Bertz CT molecular complexity index is 515. The third kappa shape index (κ3) is 2.89. The van der Waals surface area contributed by atoms with Gasteiger partial charge in [-0.3, -0.25) is 0 Å². The molecule has 0 atom stereocenters. The molecule has 0 aliphatic heterocycles. The van der Waals surface area contributed by atoms with Gasteiger partial charge in [0.15, 0.2) is 0 Å². The number of carboxylic acid groups (broad SMARTS) is 1. The Balaban J connectivity index is 0.00000144. The van der Waals surface area contributed by atoms with E-state index in [9.17, 15) is 4.79 Å². The zero-order chi connectivity index (χ0) is 14.4. The van der Waals surface area contributed by atoms with E-state index >= 15 is 0 Å². The number of hydrogen-bond donors (Lipinski definition) is 2. The van der Waals surface area contributed by atoms with Gasteiger partial charge in [-0.25, -0.2) is 4.79 Å². The number of rotatable bonds is 4. The van der Waals surface area contributed by atoms with Crippen LogP contribution < -0.4 is 17.7 Å². The summed E-state index contributed by atoms with van der Waals surface area (Å²) in [6, 6.07) is 7.97. The van der Waals surface area contributed by atoms with E-state index in [1.807, 2.05) is 12.1 Å². The van der Waals surface area contributed by atoms with Crippen LogP contribution in [0.1, 0.15) is 48.0 Å². The van der Waals surface area contributed by atoms with Crippen molar-refractivity contribution in [2.75, 3.05) is 0 Å². The summed E-state index contributed by atoms with van der Waals surface area (Å²) in [6.07, 6.45) is 7.23. The minimum atomic E-state index is -0.851. The fourth-order valence-corrected chi connectivity index (χ4v) is 5.26. The van der Waals surface area contributed by atoms with Gasteiger partial charge in [0.2, 0.25) is 0 Å². The van der Waals surface area contributed by atoms with Gasteiger partial charge in [0.25, 0.3) is 0 Å². The molecular weight excluding hydrogens is 298 g/mol. The van der Waals surface area contributed by atoms with E-state index in [-0.39, 0.29) is 12.4 Å². The third-order valence-corrected chi connectivity index (χ3v) is 5.97. The lowest BCUT2D eigenvalue weighted by Gasteiger charge is -2.54. The Labute approximate surface area is 137 Å². The van der Waals surface area contributed by atoms with Crippen LogP contribution in [0.4, 0.5) is 0 Å². The Morgan fingerprint density at radius 1 is 1.00 bits per heavy atom. The van der Waals surface area contributed by atoms with Crippen molar-refractivity contribution in [1.82, 2.24) is 5.32 Å². The van der Waals surface area contributed by atoms with Crippen LogP contribution in [0.25, 0.3) is 0 Å². The predicted octanol–water partition coefficient (Wildman–Crippen LogP) is 0.303. The van der Waals surface area contributed by atoms with E-state index in [4.69, 9.17) is 5.11 Å². The Hall–Kier alpha value is -1.06. The van der Waals surface area contributed by atoms with Gasteiger partial charge in [-0.1, -0.05) is 12.1 Å². The van der Waals surface area contributed by atoms with Gasteiger partial charge in [0, 0.05) is 12.6 Å². The number of carboxylic acids is 1. The fourth-order valence-electron chi connectivity index (χ4n) is 5.26. The molecule has 120 valence electrons. The lowest BCUT2D eigenvalue weighted by molar-refractivity contribution is -0.0142. The molecule has 0 unspecified atom stereocenters. The summed E-state index contributed by atoms with van der Waals surface area (Å²) in [5, 5.41) is 12.7. The van der Waals surface area contributed by atoms with Crippen LogP contribution in [0.2, 0.25) is 0 Å². The minimum Gasteiger partial charge on any atom is -1.00 e.